The number of pyridine rings is 1. The van der Waals surface area contributed by atoms with E-state index in [0.29, 0.717) is 38.1 Å². The van der Waals surface area contributed by atoms with Crippen molar-refractivity contribution in [3.05, 3.63) is 59.9 Å². The second-order valence-electron chi connectivity index (χ2n) is 10.4. The van der Waals surface area contributed by atoms with Gasteiger partial charge in [-0.15, -0.1) is 0 Å². The molecule has 2 saturated heterocycles. The minimum Gasteiger partial charge on any atom is -0.378 e. The average Bonchev–Trinajstić information content (AvgIpc) is 3.53. The van der Waals surface area contributed by atoms with Gasteiger partial charge in [0.05, 0.1) is 6.10 Å². The number of aromatic nitrogens is 1. The number of nitrogens with zero attached hydrogens (tertiary/aromatic N) is 4. The van der Waals surface area contributed by atoms with Gasteiger partial charge in [0.25, 0.3) is 0 Å². The molecule has 3 aliphatic heterocycles. The molecule has 0 radical (unpaired) electrons. The molecule has 2 fully saturated rings. The molecule has 2 amide bonds. The van der Waals surface area contributed by atoms with Gasteiger partial charge in [0.2, 0.25) is 11.8 Å². The minimum absolute atomic E-state index is 0.0492. The molecule has 0 spiro atoms. The Morgan fingerprint density at radius 3 is 2.61 bits per heavy atom. The molecular formula is C29H38N4O3. The molecule has 4 heterocycles. The summed E-state index contributed by atoms with van der Waals surface area (Å²) in [6.07, 6.45) is 10.4. The highest BCUT2D eigenvalue weighted by Gasteiger charge is 2.36. The van der Waals surface area contributed by atoms with Crippen molar-refractivity contribution in [3.63, 3.8) is 0 Å². The molecular weight excluding hydrogens is 452 g/mol. The van der Waals surface area contributed by atoms with Crippen molar-refractivity contribution in [3.8, 4) is 0 Å². The summed E-state index contributed by atoms with van der Waals surface area (Å²) < 4.78 is 5.79. The molecule has 3 unspecified atom stereocenters. The number of ether oxygens (including phenoxy) is 1. The lowest BCUT2D eigenvalue weighted by Crippen LogP contribution is -2.45. The zero-order valence-electron chi connectivity index (χ0n) is 21.3. The van der Waals surface area contributed by atoms with Crippen molar-refractivity contribution in [2.45, 2.75) is 83.1 Å². The maximum Gasteiger partial charge on any atom is 0.223 e. The number of para-hydroxylation sites is 1. The quantitative estimate of drug-likeness (QED) is 0.630. The standard InChI is InChI=1S/C29H38N4O3/c1-22(34)32-17-14-25-8-9-26(33(25)19-23-12-15-30-16-13-23)21-31(20-24-5-2-3-7-28(24)32)29(35)11-10-27-6-4-18-36-27/h2-3,5,7,12-13,15-16,25-27H,4,6,8-11,14,17-21H2,1H3. The third kappa shape index (κ3) is 5.79. The smallest absolute Gasteiger partial charge is 0.223 e. The average molecular weight is 491 g/mol. The molecule has 192 valence electrons. The Labute approximate surface area is 214 Å². The van der Waals surface area contributed by atoms with Crippen LogP contribution in [0.25, 0.3) is 0 Å². The summed E-state index contributed by atoms with van der Waals surface area (Å²) in [5, 5.41) is 0. The molecule has 1 aromatic heterocycles. The predicted molar refractivity (Wildman–Crippen MR) is 139 cm³/mol. The molecule has 3 atom stereocenters. The normalized spacial score (nSPS) is 24.9. The zero-order chi connectivity index (χ0) is 24.9. The van der Waals surface area contributed by atoms with E-state index in [1.807, 2.05) is 40.4 Å². The van der Waals surface area contributed by atoms with Gasteiger partial charge in [-0.25, -0.2) is 0 Å². The largest absolute Gasteiger partial charge is 0.378 e. The first-order valence-corrected chi connectivity index (χ1v) is 13.5. The third-order valence-corrected chi connectivity index (χ3v) is 8.08. The summed E-state index contributed by atoms with van der Waals surface area (Å²) in [5.74, 6) is 0.231. The van der Waals surface area contributed by atoms with Gasteiger partial charge >= 0.3 is 0 Å². The summed E-state index contributed by atoms with van der Waals surface area (Å²) in [6.45, 7) is 5.21. The molecule has 1 aromatic carbocycles. The molecule has 5 rings (SSSR count). The molecule has 3 aliphatic rings. The number of benzene rings is 1. The molecule has 7 nitrogen and oxygen atoms in total. The van der Waals surface area contributed by atoms with Crippen LogP contribution >= 0.6 is 0 Å². The maximum atomic E-state index is 13.6. The summed E-state index contributed by atoms with van der Waals surface area (Å²) in [7, 11) is 0. The van der Waals surface area contributed by atoms with Gasteiger partial charge in [-0.1, -0.05) is 18.2 Å². The Balaban J connectivity index is 1.44. The Hall–Kier alpha value is -2.77. The van der Waals surface area contributed by atoms with Crippen molar-refractivity contribution < 1.29 is 14.3 Å². The Morgan fingerprint density at radius 2 is 1.83 bits per heavy atom. The second kappa shape index (κ2) is 11.5. The Morgan fingerprint density at radius 1 is 1.03 bits per heavy atom. The molecule has 0 aliphatic carbocycles. The fourth-order valence-corrected chi connectivity index (χ4v) is 6.14. The number of hydrogen-bond acceptors (Lipinski definition) is 5. The number of carbonyl (C=O) groups excluding carboxylic acids is 2. The maximum absolute atomic E-state index is 13.6. The van der Waals surface area contributed by atoms with Crippen LogP contribution in [0.3, 0.4) is 0 Å². The van der Waals surface area contributed by atoms with Gasteiger partial charge in [0, 0.05) is 76.3 Å². The summed E-state index contributed by atoms with van der Waals surface area (Å²) in [5.41, 5.74) is 3.21. The molecule has 7 heteroatoms. The predicted octanol–water partition coefficient (Wildman–Crippen LogP) is 4.16. The lowest BCUT2D eigenvalue weighted by Gasteiger charge is -2.34. The topological polar surface area (TPSA) is 66.0 Å². The molecule has 2 bridgehead atoms. The second-order valence-corrected chi connectivity index (χ2v) is 10.4. The fraction of sp³-hybridized carbons (Fsp3) is 0.552. The Kier molecular flexibility index (Phi) is 7.97. The van der Waals surface area contributed by atoms with Gasteiger partial charge < -0.3 is 14.5 Å². The lowest BCUT2D eigenvalue weighted by atomic mass is 10.1. The first kappa shape index (κ1) is 24.9. The van der Waals surface area contributed by atoms with Crippen LogP contribution in [0.1, 0.15) is 63.0 Å². The van der Waals surface area contributed by atoms with E-state index in [-0.39, 0.29) is 17.9 Å². The van der Waals surface area contributed by atoms with E-state index >= 15 is 0 Å². The molecule has 2 aromatic rings. The van der Waals surface area contributed by atoms with Crippen molar-refractivity contribution in [1.29, 1.82) is 0 Å². The van der Waals surface area contributed by atoms with Crippen LogP contribution in [-0.4, -0.2) is 64.5 Å². The molecule has 36 heavy (non-hydrogen) atoms. The van der Waals surface area contributed by atoms with E-state index in [1.54, 1.807) is 6.92 Å². The number of amides is 2. The highest BCUT2D eigenvalue weighted by molar-refractivity contribution is 5.92. The SMILES string of the molecule is CC(=O)N1CCC2CCC(CN(C(=O)CCC3CCCO3)Cc3ccccc31)N2Cc1ccncc1. The van der Waals surface area contributed by atoms with Crippen LogP contribution in [-0.2, 0) is 27.4 Å². The number of anilines is 1. The van der Waals surface area contributed by atoms with Crippen LogP contribution in [0, 0.1) is 0 Å². The van der Waals surface area contributed by atoms with E-state index in [1.165, 1.54) is 5.56 Å². The third-order valence-electron chi connectivity index (χ3n) is 8.08. The molecule has 0 N–H and O–H groups in total. The van der Waals surface area contributed by atoms with Crippen LogP contribution < -0.4 is 4.90 Å². The van der Waals surface area contributed by atoms with Crippen LogP contribution in [0.15, 0.2) is 48.8 Å². The van der Waals surface area contributed by atoms with Crippen LogP contribution in [0.2, 0.25) is 0 Å². The van der Waals surface area contributed by atoms with Gasteiger partial charge in [0.1, 0.15) is 0 Å². The van der Waals surface area contributed by atoms with Crippen molar-refractivity contribution >= 4 is 17.5 Å². The summed E-state index contributed by atoms with van der Waals surface area (Å²) in [6, 6.07) is 12.9. The Bertz CT molecular complexity index is 1040. The highest BCUT2D eigenvalue weighted by Crippen LogP contribution is 2.33. The number of fused-ring (bicyclic) bond motifs is 3. The van der Waals surface area contributed by atoms with Gasteiger partial charge in [-0.3, -0.25) is 19.5 Å². The fourth-order valence-electron chi connectivity index (χ4n) is 6.14. The van der Waals surface area contributed by atoms with E-state index < -0.39 is 0 Å². The van der Waals surface area contributed by atoms with E-state index in [9.17, 15) is 9.59 Å². The highest BCUT2D eigenvalue weighted by atomic mass is 16.5. The lowest BCUT2D eigenvalue weighted by molar-refractivity contribution is -0.133. The number of carbonyl (C=O) groups is 2. The van der Waals surface area contributed by atoms with E-state index in [4.69, 9.17) is 4.74 Å². The molecule has 0 saturated carbocycles. The van der Waals surface area contributed by atoms with Gasteiger partial charge in [-0.05, 0) is 67.9 Å². The van der Waals surface area contributed by atoms with Crippen LogP contribution in [0.4, 0.5) is 5.69 Å². The van der Waals surface area contributed by atoms with Gasteiger partial charge in [-0.2, -0.15) is 0 Å². The van der Waals surface area contributed by atoms with Crippen molar-refractivity contribution in [1.82, 2.24) is 14.8 Å². The number of rotatable bonds is 5. The zero-order valence-corrected chi connectivity index (χ0v) is 21.3. The van der Waals surface area contributed by atoms with Crippen molar-refractivity contribution in [2.24, 2.45) is 0 Å². The van der Waals surface area contributed by atoms with E-state index in [0.717, 1.165) is 62.9 Å². The summed E-state index contributed by atoms with van der Waals surface area (Å²) in [4.78, 5) is 37.1. The summed E-state index contributed by atoms with van der Waals surface area (Å²) >= 11 is 0. The first-order chi connectivity index (χ1) is 17.6. The first-order valence-electron chi connectivity index (χ1n) is 13.5. The minimum atomic E-state index is 0.0492. The monoisotopic (exact) mass is 490 g/mol. The van der Waals surface area contributed by atoms with Crippen LogP contribution in [0.5, 0.6) is 0 Å². The van der Waals surface area contributed by atoms with E-state index in [2.05, 4.69) is 28.1 Å². The van der Waals surface area contributed by atoms with Gasteiger partial charge in [0.15, 0.2) is 0 Å². The van der Waals surface area contributed by atoms with Crippen molar-refractivity contribution in [2.75, 3.05) is 24.6 Å². The number of hydrogen-bond donors (Lipinski definition) is 0.